The second kappa shape index (κ2) is 5.11. The maximum absolute atomic E-state index is 6.15. The lowest BCUT2D eigenvalue weighted by Gasteiger charge is -2.11. The van der Waals surface area contributed by atoms with E-state index in [9.17, 15) is 0 Å². The Hall–Kier alpha value is -0.990. The number of furan rings is 1. The zero-order valence-electron chi connectivity index (χ0n) is 10.5. The van der Waals surface area contributed by atoms with Gasteiger partial charge < -0.3 is 9.73 Å². The van der Waals surface area contributed by atoms with Crippen molar-refractivity contribution >= 4 is 22.6 Å². The van der Waals surface area contributed by atoms with E-state index in [4.69, 9.17) is 16.0 Å². The first-order chi connectivity index (χ1) is 8.17. The Morgan fingerprint density at radius 1 is 1.35 bits per heavy atom. The molecule has 1 aromatic heterocycles. The molecule has 0 spiro atoms. The first-order valence-corrected chi connectivity index (χ1v) is 6.47. The van der Waals surface area contributed by atoms with Crippen LogP contribution < -0.4 is 5.32 Å². The molecule has 0 saturated carbocycles. The summed E-state index contributed by atoms with van der Waals surface area (Å²) in [6.07, 6.45) is 1.00. The number of halogens is 1. The highest BCUT2D eigenvalue weighted by Crippen LogP contribution is 2.32. The standard InChI is InChI=1S/C14H18ClNO/c1-4-12(16-5-2)13-8-10-9(3)6-7-11(15)14(10)17-13/h6-8,12,16H,4-5H2,1-3H3. The summed E-state index contributed by atoms with van der Waals surface area (Å²) in [5, 5.41) is 5.21. The molecule has 0 aliphatic carbocycles. The molecule has 1 heterocycles. The first-order valence-electron chi connectivity index (χ1n) is 6.09. The summed E-state index contributed by atoms with van der Waals surface area (Å²) in [7, 11) is 0. The van der Waals surface area contributed by atoms with Crippen molar-refractivity contribution in [2.75, 3.05) is 6.54 Å². The van der Waals surface area contributed by atoms with Crippen molar-refractivity contribution in [3.05, 3.63) is 34.5 Å². The van der Waals surface area contributed by atoms with Crippen LogP contribution in [-0.4, -0.2) is 6.54 Å². The molecule has 2 aromatic rings. The average Bonchev–Trinajstić information content (AvgIpc) is 2.77. The molecular formula is C14H18ClNO. The second-order valence-electron chi connectivity index (χ2n) is 4.27. The molecule has 92 valence electrons. The van der Waals surface area contributed by atoms with Crippen molar-refractivity contribution in [2.24, 2.45) is 0 Å². The molecule has 2 rings (SSSR count). The minimum atomic E-state index is 0.267. The molecule has 2 nitrogen and oxygen atoms in total. The van der Waals surface area contributed by atoms with Gasteiger partial charge in [0.15, 0.2) is 5.58 Å². The van der Waals surface area contributed by atoms with Crippen molar-refractivity contribution < 1.29 is 4.42 Å². The number of hydrogen-bond acceptors (Lipinski definition) is 2. The predicted octanol–water partition coefficient (Wildman–Crippen LogP) is 4.46. The van der Waals surface area contributed by atoms with Crippen LogP contribution in [0.15, 0.2) is 22.6 Å². The Kier molecular flexibility index (Phi) is 3.75. The van der Waals surface area contributed by atoms with Crippen LogP contribution in [0, 0.1) is 6.92 Å². The molecule has 1 atom stereocenters. The molecule has 1 aromatic carbocycles. The Labute approximate surface area is 107 Å². The molecular weight excluding hydrogens is 234 g/mol. The van der Waals surface area contributed by atoms with E-state index in [0.717, 1.165) is 29.7 Å². The van der Waals surface area contributed by atoms with Gasteiger partial charge in [-0.1, -0.05) is 31.5 Å². The van der Waals surface area contributed by atoms with E-state index in [-0.39, 0.29) is 6.04 Å². The Morgan fingerprint density at radius 3 is 2.71 bits per heavy atom. The zero-order chi connectivity index (χ0) is 12.4. The number of rotatable bonds is 4. The van der Waals surface area contributed by atoms with Crippen LogP contribution in [0.5, 0.6) is 0 Å². The first kappa shape index (κ1) is 12.5. The van der Waals surface area contributed by atoms with Gasteiger partial charge in [0.25, 0.3) is 0 Å². The van der Waals surface area contributed by atoms with Gasteiger partial charge in [0.05, 0.1) is 11.1 Å². The van der Waals surface area contributed by atoms with Gasteiger partial charge in [-0.2, -0.15) is 0 Å². The summed E-state index contributed by atoms with van der Waals surface area (Å²) in [4.78, 5) is 0. The largest absolute Gasteiger partial charge is 0.458 e. The summed E-state index contributed by atoms with van der Waals surface area (Å²) in [5.74, 6) is 0.973. The molecule has 3 heteroatoms. The third kappa shape index (κ3) is 2.33. The number of fused-ring (bicyclic) bond motifs is 1. The monoisotopic (exact) mass is 251 g/mol. The summed E-state index contributed by atoms with van der Waals surface area (Å²) in [6, 6.07) is 6.29. The van der Waals surface area contributed by atoms with Gasteiger partial charge in [-0.15, -0.1) is 0 Å². The molecule has 1 unspecified atom stereocenters. The van der Waals surface area contributed by atoms with Gasteiger partial charge in [-0.3, -0.25) is 0 Å². The Morgan fingerprint density at radius 2 is 2.12 bits per heavy atom. The normalized spacial score (nSPS) is 13.2. The maximum Gasteiger partial charge on any atom is 0.153 e. The molecule has 0 aliphatic heterocycles. The van der Waals surface area contributed by atoms with E-state index >= 15 is 0 Å². The second-order valence-corrected chi connectivity index (χ2v) is 4.68. The van der Waals surface area contributed by atoms with E-state index in [0.29, 0.717) is 5.02 Å². The lowest BCUT2D eigenvalue weighted by Crippen LogP contribution is -2.19. The van der Waals surface area contributed by atoms with E-state index in [1.807, 2.05) is 12.1 Å². The topological polar surface area (TPSA) is 25.2 Å². The lowest BCUT2D eigenvalue weighted by atomic mass is 10.1. The fourth-order valence-electron chi connectivity index (χ4n) is 2.11. The quantitative estimate of drug-likeness (QED) is 0.868. The van der Waals surface area contributed by atoms with Crippen molar-refractivity contribution in [1.82, 2.24) is 5.32 Å². The summed E-state index contributed by atoms with van der Waals surface area (Å²) in [6.45, 7) is 7.26. The van der Waals surface area contributed by atoms with E-state index in [2.05, 4.69) is 32.2 Å². The zero-order valence-corrected chi connectivity index (χ0v) is 11.3. The minimum absolute atomic E-state index is 0.267. The molecule has 0 saturated heterocycles. The van der Waals surface area contributed by atoms with Gasteiger partial charge >= 0.3 is 0 Å². The molecule has 0 bridgehead atoms. The smallest absolute Gasteiger partial charge is 0.153 e. The average molecular weight is 252 g/mol. The molecule has 1 N–H and O–H groups in total. The van der Waals surface area contributed by atoms with Crippen LogP contribution in [0.1, 0.15) is 37.6 Å². The highest BCUT2D eigenvalue weighted by molar-refractivity contribution is 6.34. The molecule has 0 aliphatic rings. The number of hydrogen-bond donors (Lipinski definition) is 1. The molecule has 0 fully saturated rings. The van der Waals surface area contributed by atoms with Crippen LogP contribution >= 0.6 is 11.6 Å². The predicted molar refractivity (Wildman–Crippen MR) is 72.7 cm³/mol. The van der Waals surface area contributed by atoms with E-state index < -0.39 is 0 Å². The van der Waals surface area contributed by atoms with Crippen molar-refractivity contribution in [3.8, 4) is 0 Å². The summed E-state index contributed by atoms with van der Waals surface area (Å²) in [5.41, 5.74) is 2.00. The van der Waals surface area contributed by atoms with E-state index in [1.54, 1.807) is 0 Å². The van der Waals surface area contributed by atoms with Crippen LogP contribution in [0.2, 0.25) is 5.02 Å². The Bertz CT molecular complexity index is 479. The van der Waals surface area contributed by atoms with Crippen LogP contribution in [0.25, 0.3) is 11.0 Å². The third-order valence-electron chi connectivity index (χ3n) is 3.07. The highest BCUT2D eigenvalue weighted by atomic mass is 35.5. The number of aryl methyl sites for hydroxylation is 1. The van der Waals surface area contributed by atoms with Crippen molar-refractivity contribution in [2.45, 2.75) is 33.2 Å². The van der Waals surface area contributed by atoms with Crippen LogP contribution in [-0.2, 0) is 0 Å². The fraction of sp³-hybridized carbons (Fsp3) is 0.429. The van der Waals surface area contributed by atoms with Gasteiger partial charge in [-0.05, 0) is 37.6 Å². The van der Waals surface area contributed by atoms with Crippen molar-refractivity contribution in [3.63, 3.8) is 0 Å². The van der Waals surface area contributed by atoms with Gasteiger partial charge in [0.2, 0.25) is 0 Å². The molecule has 0 radical (unpaired) electrons. The Balaban J connectivity index is 2.50. The minimum Gasteiger partial charge on any atom is -0.458 e. The summed E-state index contributed by atoms with van der Waals surface area (Å²) < 4.78 is 5.89. The van der Waals surface area contributed by atoms with Crippen LogP contribution in [0.3, 0.4) is 0 Å². The summed E-state index contributed by atoms with van der Waals surface area (Å²) >= 11 is 6.15. The maximum atomic E-state index is 6.15. The molecule has 17 heavy (non-hydrogen) atoms. The van der Waals surface area contributed by atoms with Gasteiger partial charge in [0, 0.05) is 5.39 Å². The van der Waals surface area contributed by atoms with Crippen molar-refractivity contribution in [1.29, 1.82) is 0 Å². The molecule has 0 amide bonds. The highest BCUT2D eigenvalue weighted by Gasteiger charge is 2.15. The lowest BCUT2D eigenvalue weighted by molar-refractivity contribution is 0.428. The third-order valence-corrected chi connectivity index (χ3v) is 3.37. The van der Waals surface area contributed by atoms with Crippen LogP contribution in [0.4, 0.5) is 0 Å². The van der Waals surface area contributed by atoms with Gasteiger partial charge in [0.1, 0.15) is 5.76 Å². The van der Waals surface area contributed by atoms with Gasteiger partial charge in [-0.25, -0.2) is 0 Å². The fourth-order valence-corrected chi connectivity index (χ4v) is 2.31. The SMILES string of the molecule is CCNC(CC)c1cc2c(C)ccc(Cl)c2o1. The van der Waals surface area contributed by atoms with E-state index in [1.165, 1.54) is 5.56 Å². The number of benzene rings is 1. The number of nitrogens with one attached hydrogen (secondary N) is 1.